The van der Waals surface area contributed by atoms with Gasteiger partial charge < -0.3 is 9.26 Å². The van der Waals surface area contributed by atoms with Gasteiger partial charge in [0.2, 0.25) is 0 Å². The lowest BCUT2D eigenvalue weighted by molar-refractivity contribution is 0.0337. The Hall–Kier alpha value is -2.36. The Morgan fingerprint density at radius 3 is 2.92 bits per heavy atom. The minimum Gasteiger partial charge on any atom is -0.379 e. The van der Waals surface area contributed by atoms with Crippen LogP contribution in [-0.2, 0) is 11.3 Å². The van der Waals surface area contributed by atoms with E-state index in [2.05, 4.69) is 25.3 Å². The Balaban J connectivity index is 1.51. The molecule has 0 unspecified atom stereocenters. The summed E-state index contributed by atoms with van der Waals surface area (Å²) in [5, 5.41) is 9.98. The van der Waals surface area contributed by atoms with Crippen molar-refractivity contribution in [3.8, 4) is 0 Å². The molecule has 3 aromatic rings. The third-order valence-corrected chi connectivity index (χ3v) is 5.06. The number of thiazole rings is 1. The maximum Gasteiger partial charge on any atom is 0.258 e. The first-order chi connectivity index (χ1) is 12.6. The number of aryl methyl sites for hydroxylation is 2. The highest BCUT2D eigenvalue weighted by Crippen LogP contribution is 2.24. The van der Waals surface area contributed by atoms with Gasteiger partial charge in [-0.3, -0.25) is 15.0 Å². The van der Waals surface area contributed by atoms with Crippen LogP contribution in [0, 0.1) is 13.8 Å². The van der Waals surface area contributed by atoms with Gasteiger partial charge in [-0.15, -0.1) is 11.3 Å². The molecule has 1 aliphatic rings. The van der Waals surface area contributed by atoms with Gasteiger partial charge in [-0.1, -0.05) is 5.16 Å². The molecule has 0 saturated carbocycles. The number of nitrogens with one attached hydrogen (secondary N) is 1. The highest BCUT2D eigenvalue weighted by atomic mass is 32.1. The van der Waals surface area contributed by atoms with Crippen LogP contribution in [0.25, 0.3) is 11.1 Å². The largest absolute Gasteiger partial charge is 0.379 e. The molecule has 1 N–H and O–H groups in total. The summed E-state index contributed by atoms with van der Waals surface area (Å²) in [5.74, 6) is -0.237. The molecule has 4 heterocycles. The van der Waals surface area contributed by atoms with Crippen molar-refractivity contribution in [2.75, 3.05) is 31.6 Å². The zero-order chi connectivity index (χ0) is 18.1. The number of fused-ring (bicyclic) bond motifs is 1. The van der Waals surface area contributed by atoms with Gasteiger partial charge in [-0.05, 0) is 19.9 Å². The topological polar surface area (TPSA) is 93.4 Å². The summed E-state index contributed by atoms with van der Waals surface area (Å²) < 4.78 is 10.5. The van der Waals surface area contributed by atoms with Crippen molar-refractivity contribution in [1.29, 1.82) is 0 Å². The third-order valence-electron chi connectivity index (χ3n) is 4.25. The number of morpholine rings is 1. The number of aromatic nitrogens is 3. The van der Waals surface area contributed by atoms with Crippen LogP contribution in [-0.4, -0.2) is 52.2 Å². The fourth-order valence-electron chi connectivity index (χ4n) is 2.99. The van der Waals surface area contributed by atoms with E-state index in [1.807, 2.05) is 12.3 Å². The van der Waals surface area contributed by atoms with E-state index in [-0.39, 0.29) is 5.91 Å². The van der Waals surface area contributed by atoms with E-state index in [0.717, 1.165) is 38.5 Å². The van der Waals surface area contributed by atoms with Crippen molar-refractivity contribution < 1.29 is 14.1 Å². The van der Waals surface area contributed by atoms with Crippen molar-refractivity contribution in [3.63, 3.8) is 0 Å². The maximum absolute atomic E-state index is 12.8. The number of amides is 1. The van der Waals surface area contributed by atoms with Crippen LogP contribution in [0.5, 0.6) is 0 Å². The molecule has 4 rings (SSSR count). The van der Waals surface area contributed by atoms with E-state index in [1.165, 1.54) is 11.3 Å². The highest BCUT2D eigenvalue weighted by Gasteiger charge is 2.19. The van der Waals surface area contributed by atoms with Gasteiger partial charge in [-0.2, -0.15) is 0 Å². The summed E-state index contributed by atoms with van der Waals surface area (Å²) in [4.78, 5) is 23.9. The lowest BCUT2D eigenvalue weighted by atomic mass is 10.1. The van der Waals surface area contributed by atoms with E-state index >= 15 is 0 Å². The molecule has 0 spiro atoms. The number of ether oxygens (including phenoxy) is 1. The minimum absolute atomic E-state index is 0.237. The number of rotatable bonds is 4. The van der Waals surface area contributed by atoms with E-state index in [0.29, 0.717) is 33.2 Å². The number of hydrogen-bond acceptors (Lipinski definition) is 8. The SMILES string of the molecule is Cc1cc(C(=O)Nc2nc(CN3CCOCC3)cs2)c2c(C)noc2n1. The molecule has 0 radical (unpaired) electrons. The van der Waals surface area contributed by atoms with Crippen LogP contribution in [0.2, 0.25) is 0 Å². The zero-order valence-electron chi connectivity index (χ0n) is 14.6. The second-order valence-corrected chi connectivity index (χ2v) is 7.10. The molecule has 9 heteroatoms. The smallest absolute Gasteiger partial charge is 0.258 e. The number of anilines is 1. The second kappa shape index (κ2) is 7.10. The normalized spacial score (nSPS) is 15.5. The van der Waals surface area contributed by atoms with Crippen LogP contribution in [0.4, 0.5) is 5.13 Å². The fourth-order valence-corrected chi connectivity index (χ4v) is 3.68. The van der Waals surface area contributed by atoms with Gasteiger partial charge in [0.15, 0.2) is 5.13 Å². The average Bonchev–Trinajstić information content (AvgIpc) is 3.22. The number of hydrogen-bond donors (Lipinski definition) is 1. The van der Waals surface area contributed by atoms with E-state index in [1.54, 1.807) is 13.0 Å². The molecule has 8 nitrogen and oxygen atoms in total. The number of carbonyl (C=O) groups is 1. The van der Waals surface area contributed by atoms with Gasteiger partial charge in [0, 0.05) is 30.7 Å². The maximum atomic E-state index is 12.8. The van der Waals surface area contributed by atoms with Crippen molar-refractivity contribution in [2.24, 2.45) is 0 Å². The molecule has 0 aromatic carbocycles. The standard InChI is InChI=1S/C17H19N5O3S/c1-10-7-13(14-11(2)21-25-16(14)18-10)15(23)20-17-19-12(9-26-17)8-22-3-5-24-6-4-22/h7,9H,3-6,8H2,1-2H3,(H,19,20,23). The number of carbonyl (C=O) groups excluding carboxylic acids is 1. The summed E-state index contributed by atoms with van der Waals surface area (Å²) in [6.07, 6.45) is 0. The summed E-state index contributed by atoms with van der Waals surface area (Å²) in [5.41, 5.74) is 3.16. The molecule has 3 aromatic heterocycles. The van der Waals surface area contributed by atoms with E-state index in [9.17, 15) is 4.79 Å². The van der Waals surface area contributed by atoms with Crippen LogP contribution in [0.3, 0.4) is 0 Å². The predicted octanol–water partition coefficient (Wildman–Crippen LogP) is 2.38. The van der Waals surface area contributed by atoms with Crippen molar-refractivity contribution in [1.82, 2.24) is 20.0 Å². The van der Waals surface area contributed by atoms with E-state index in [4.69, 9.17) is 9.26 Å². The van der Waals surface area contributed by atoms with Gasteiger partial charge in [0.1, 0.15) is 0 Å². The first kappa shape index (κ1) is 17.1. The molecular formula is C17H19N5O3S. The minimum atomic E-state index is -0.237. The summed E-state index contributed by atoms with van der Waals surface area (Å²) in [7, 11) is 0. The molecule has 1 aliphatic heterocycles. The Kier molecular flexibility index (Phi) is 4.66. The summed E-state index contributed by atoms with van der Waals surface area (Å²) in [6.45, 7) is 7.69. The highest BCUT2D eigenvalue weighted by molar-refractivity contribution is 7.14. The molecular weight excluding hydrogens is 354 g/mol. The van der Waals surface area contributed by atoms with Crippen molar-refractivity contribution in [3.05, 3.63) is 34.1 Å². The molecule has 136 valence electrons. The molecule has 0 aliphatic carbocycles. The summed E-state index contributed by atoms with van der Waals surface area (Å²) >= 11 is 1.42. The predicted molar refractivity (Wildman–Crippen MR) is 97.4 cm³/mol. The zero-order valence-corrected chi connectivity index (χ0v) is 15.4. The Morgan fingerprint density at radius 1 is 1.31 bits per heavy atom. The Morgan fingerprint density at radius 2 is 2.12 bits per heavy atom. The number of nitrogens with zero attached hydrogens (tertiary/aromatic N) is 4. The van der Waals surface area contributed by atoms with Crippen molar-refractivity contribution >= 4 is 33.5 Å². The Bertz CT molecular complexity index is 945. The van der Waals surface area contributed by atoms with Gasteiger partial charge in [0.05, 0.1) is 35.6 Å². The lowest BCUT2D eigenvalue weighted by Crippen LogP contribution is -2.35. The van der Waals surface area contributed by atoms with Crippen LogP contribution in [0.1, 0.15) is 27.4 Å². The average molecular weight is 373 g/mol. The van der Waals surface area contributed by atoms with Gasteiger partial charge in [-0.25, -0.2) is 9.97 Å². The van der Waals surface area contributed by atoms with Gasteiger partial charge in [0.25, 0.3) is 11.6 Å². The van der Waals surface area contributed by atoms with Crippen molar-refractivity contribution in [2.45, 2.75) is 20.4 Å². The quantitative estimate of drug-likeness (QED) is 0.750. The number of pyridine rings is 1. The molecule has 1 amide bonds. The first-order valence-corrected chi connectivity index (χ1v) is 9.27. The Labute approximate surface area is 154 Å². The van der Waals surface area contributed by atoms with E-state index < -0.39 is 0 Å². The van der Waals surface area contributed by atoms with Gasteiger partial charge >= 0.3 is 0 Å². The monoisotopic (exact) mass is 373 g/mol. The fraction of sp³-hybridized carbons (Fsp3) is 0.412. The first-order valence-electron chi connectivity index (χ1n) is 8.39. The summed E-state index contributed by atoms with van der Waals surface area (Å²) in [6, 6.07) is 1.74. The molecule has 0 bridgehead atoms. The van der Waals surface area contributed by atoms with Crippen LogP contribution >= 0.6 is 11.3 Å². The third kappa shape index (κ3) is 3.46. The molecule has 26 heavy (non-hydrogen) atoms. The molecule has 1 fully saturated rings. The molecule has 1 saturated heterocycles. The van der Waals surface area contributed by atoms with Crippen LogP contribution in [0.15, 0.2) is 16.0 Å². The molecule has 0 atom stereocenters. The second-order valence-electron chi connectivity index (χ2n) is 6.25. The van der Waals surface area contributed by atoms with Crippen LogP contribution < -0.4 is 5.32 Å². The lowest BCUT2D eigenvalue weighted by Gasteiger charge is -2.25.